The van der Waals surface area contributed by atoms with Crippen molar-refractivity contribution in [1.29, 1.82) is 0 Å². The molecule has 1 amide bonds. The number of hydrogen-bond acceptors (Lipinski definition) is 7. The Morgan fingerprint density at radius 3 is 2.44 bits per heavy atom. The van der Waals surface area contributed by atoms with Crippen molar-refractivity contribution in [1.82, 2.24) is 5.32 Å². The van der Waals surface area contributed by atoms with Crippen molar-refractivity contribution in [3.05, 3.63) is 59.7 Å². The lowest BCUT2D eigenvalue weighted by atomic mass is 9.79. The highest BCUT2D eigenvalue weighted by molar-refractivity contribution is 5.82. The number of carbonyl (C=O) groups excluding carboxylic acids is 3. The average Bonchev–Trinajstić information content (AvgIpc) is 2.82. The fourth-order valence-corrected chi connectivity index (χ4v) is 3.92. The van der Waals surface area contributed by atoms with E-state index in [0.29, 0.717) is 6.42 Å². The van der Waals surface area contributed by atoms with Crippen molar-refractivity contribution < 1.29 is 38.5 Å². The second-order valence-corrected chi connectivity index (χ2v) is 7.84. The maximum Gasteiger partial charge on any atom is 0.511 e. The van der Waals surface area contributed by atoms with Gasteiger partial charge in [0.05, 0.1) is 18.9 Å². The molecule has 0 aliphatic heterocycles. The lowest BCUT2D eigenvalue weighted by molar-refractivity contribution is -0.155. The molecule has 0 saturated heterocycles. The fraction of sp³-hybridized carbons (Fsp3) is 0.360. The lowest BCUT2D eigenvalue weighted by Crippen LogP contribution is -2.41. The molecular formula is C25H27NO8. The monoisotopic (exact) mass is 469 g/mol. The Morgan fingerprint density at radius 2 is 1.74 bits per heavy atom. The first-order valence-electron chi connectivity index (χ1n) is 11.0. The van der Waals surface area contributed by atoms with E-state index in [9.17, 15) is 19.2 Å². The van der Waals surface area contributed by atoms with Gasteiger partial charge in [-0.05, 0) is 42.0 Å². The quantitative estimate of drug-likeness (QED) is 0.422. The van der Waals surface area contributed by atoms with Gasteiger partial charge in [0.2, 0.25) is 12.7 Å². The van der Waals surface area contributed by atoms with Gasteiger partial charge >= 0.3 is 18.1 Å². The van der Waals surface area contributed by atoms with Crippen LogP contribution in [0.3, 0.4) is 0 Å². The molecule has 180 valence electrons. The number of hydrogen-bond donors (Lipinski definition) is 2. The van der Waals surface area contributed by atoms with Gasteiger partial charge in [-0.2, -0.15) is 0 Å². The highest BCUT2D eigenvalue weighted by Gasteiger charge is 2.34. The summed E-state index contributed by atoms with van der Waals surface area (Å²) < 4.78 is 14.6. The summed E-state index contributed by atoms with van der Waals surface area (Å²) in [4.78, 5) is 47.3. The zero-order chi connectivity index (χ0) is 24.5. The molecule has 0 radical (unpaired) electrons. The molecular weight excluding hydrogens is 442 g/mol. The Morgan fingerprint density at radius 1 is 0.971 bits per heavy atom. The van der Waals surface area contributed by atoms with Crippen molar-refractivity contribution in [2.24, 2.45) is 0 Å². The molecule has 0 unspecified atom stereocenters. The standard InChI is InChI=1S/C25H27NO8/c1-2-32-25(31)34-15-33-24(30)21-14-19(26-22(27)10-11-23(28)29)12-18-9-8-17(13-20(18)21)16-6-4-3-5-7-16/h3-9,13,19,21H,2,10-12,14-15H2,1H3,(H,26,27)(H,28,29)/t19-,21+/m1/s1. The summed E-state index contributed by atoms with van der Waals surface area (Å²) in [5.41, 5.74) is 3.58. The Labute approximate surface area is 197 Å². The molecule has 0 spiro atoms. The largest absolute Gasteiger partial charge is 0.511 e. The van der Waals surface area contributed by atoms with Gasteiger partial charge in [0.25, 0.3) is 0 Å². The Kier molecular flexibility index (Phi) is 8.61. The number of nitrogens with one attached hydrogen (secondary N) is 1. The zero-order valence-corrected chi connectivity index (χ0v) is 18.8. The molecule has 34 heavy (non-hydrogen) atoms. The summed E-state index contributed by atoms with van der Waals surface area (Å²) in [5.74, 6) is -2.75. The van der Waals surface area contributed by atoms with Gasteiger partial charge in [-0.25, -0.2) is 4.79 Å². The van der Waals surface area contributed by atoms with Crippen LogP contribution < -0.4 is 5.32 Å². The van der Waals surface area contributed by atoms with E-state index < -0.39 is 36.7 Å². The molecule has 9 nitrogen and oxygen atoms in total. The van der Waals surface area contributed by atoms with Gasteiger partial charge in [-0.15, -0.1) is 0 Å². The number of carboxylic acid groups (broad SMARTS) is 1. The molecule has 0 fully saturated rings. The third-order valence-electron chi connectivity index (χ3n) is 5.47. The molecule has 2 aromatic rings. The van der Waals surface area contributed by atoms with Crippen molar-refractivity contribution in [3.63, 3.8) is 0 Å². The maximum absolute atomic E-state index is 12.9. The average molecular weight is 469 g/mol. The summed E-state index contributed by atoms with van der Waals surface area (Å²) in [6, 6.07) is 15.1. The van der Waals surface area contributed by atoms with Crippen LogP contribution in [0.5, 0.6) is 0 Å². The van der Waals surface area contributed by atoms with Crippen LogP contribution in [-0.4, -0.2) is 48.5 Å². The summed E-state index contributed by atoms with van der Waals surface area (Å²) in [7, 11) is 0. The summed E-state index contributed by atoms with van der Waals surface area (Å²) in [6.45, 7) is 1.17. The normalized spacial score (nSPS) is 16.6. The van der Waals surface area contributed by atoms with E-state index in [2.05, 4.69) is 10.1 Å². The SMILES string of the molecule is CCOC(=O)OCOC(=O)[C@H]1C[C@H](NC(=O)CCC(=O)O)Cc2ccc(-c3ccccc3)cc21. The number of carboxylic acids is 1. The number of rotatable bonds is 9. The minimum absolute atomic E-state index is 0.133. The highest BCUT2D eigenvalue weighted by atomic mass is 16.8. The molecule has 1 aliphatic carbocycles. The second kappa shape index (κ2) is 11.8. The minimum Gasteiger partial charge on any atom is -0.481 e. The van der Waals surface area contributed by atoms with Gasteiger partial charge in [0.1, 0.15) is 0 Å². The predicted octanol–water partition coefficient (Wildman–Crippen LogP) is 3.41. The van der Waals surface area contributed by atoms with E-state index in [0.717, 1.165) is 22.3 Å². The summed E-state index contributed by atoms with van der Waals surface area (Å²) in [6.07, 6.45) is -0.594. The van der Waals surface area contributed by atoms with E-state index in [1.54, 1.807) is 6.92 Å². The molecule has 3 rings (SSSR count). The van der Waals surface area contributed by atoms with Crippen molar-refractivity contribution in [3.8, 4) is 11.1 Å². The van der Waals surface area contributed by atoms with Crippen LogP contribution in [0.15, 0.2) is 48.5 Å². The molecule has 0 aromatic heterocycles. The lowest BCUT2D eigenvalue weighted by Gasteiger charge is -2.31. The van der Waals surface area contributed by atoms with Crippen LogP contribution in [0.2, 0.25) is 0 Å². The molecule has 2 atom stereocenters. The third-order valence-corrected chi connectivity index (χ3v) is 5.47. The first kappa shape index (κ1) is 24.8. The van der Waals surface area contributed by atoms with E-state index in [4.69, 9.17) is 14.6 Å². The molecule has 0 bridgehead atoms. The minimum atomic E-state index is -1.05. The van der Waals surface area contributed by atoms with E-state index in [-0.39, 0.29) is 31.9 Å². The van der Waals surface area contributed by atoms with Gasteiger partial charge in [-0.3, -0.25) is 14.4 Å². The molecule has 1 aliphatic rings. The number of amides is 1. The molecule has 0 heterocycles. The van der Waals surface area contributed by atoms with Gasteiger partial charge in [0.15, 0.2) is 0 Å². The van der Waals surface area contributed by atoms with E-state index >= 15 is 0 Å². The van der Waals surface area contributed by atoms with Crippen LogP contribution in [-0.2, 0) is 35.0 Å². The Balaban J connectivity index is 1.79. The molecule has 0 saturated carbocycles. The number of esters is 1. The number of carbonyl (C=O) groups is 4. The zero-order valence-electron chi connectivity index (χ0n) is 18.8. The van der Waals surface area contributed by atoms with E-state index in [1.165, 1.54) is 0 Å². The number of benzene rings is 2. The summed E-state index contributed by atoms with van der Waals surface area (Å²) in [5, 5.41) is 11.6. The Bertz CT molecular complexity index is 1040. The van der Waals surface area contributed by atoms with Crippen molar-refractivity contribution in [2.45, 2.75) is 44.6 Å². The highest BCUT2D eigenvalue weighted by Crippen LogP contribution is 2.36. The van der Waals surface area contributed by atoms with Crippen LogP contribution >= 0.6 is 0 Å². The smallest absolute Gasteiger partial charge is 0.481 e. The number of aliphatic carboxylic acids is 1. The van der Waals surface area contributed by atoms with Gasteiger partial charge in [0, 0.05) is 12.5 Å². The van der Waals surface area contributed by atoms with Crippen LogP contribution in [0.4, 0.5) is 4.79 Å². The van der Waals surface area contributed by atoms with E-state index in [1.807, 2.05) is 48.5 Å². The summed E-state index contributed by atoms with van der Waals surface area (Å²) >= 11 is 0. The number of fused-ring (bicyclic) bond motifs is 1. The first-order chi connectivity index (χ1) is 16.4. The van der Waals surface area contributed by atoms with Gasteiger partial charge in [-0.1, -0.05) is 48.5 Å². The predicted molar refractivity (Wildman–Crippen MR) is 121 cm³/mol. The second-order valence-electron chi connectivity index (χ2n) is 7.84. The van der Waals surface area contributed by atoms with Crippen LogP contribution in [0.25, 0.3) is 11.1 Å². The number of ether oxygens (including phenoxy) is 3. The molecule has 2 aromatic carbocycles. The topological polar surface area (TPSA) is 128 Å². The first-order valence-corrected chi connectivity index (χ1v) is 11.0. The molecule has 2 N–H and O–H groups in total. The maximum atomic E-state index is 12.9. The Hall–Kier alpha value is -3.88. The fourth-order valence-electron chi connectivity index (χ4n) is 3.92. The van der Waals surface area contributed by atoms with Crippen LogP contribution in [0, 0.1) is 0 Å². The van der Waals surface area contributed by atoms with Crippen molar-refractivity contribution >= 4 is 24.0 Å². The van der Waals surface area contributed by atoms with Crippen LogP contribution in [0.1, 0.15) is 43.2 Å². The molecule has 9 heteroatoms. The van der Waals surface area contributed by atoms with Crippen molar-refractivity contribution in [2.75, 3.05) is 13.4 Å². The third kappa shape index (κ3) is 6.81. The van der Waals surface area contributed by atoms with Gasteiger partial charge < -0.3 is 24.6 Å².